The Hall–Kier alpha value is -3.29. The third kappa shape index (κ3) is 4.32. The molecule has 1 aliphatic rings. The molecule has 2 heterocycles. The van der Waals surface area contributed by atoms with Crippen molar-refractivity contribution in [3.63, 3.8) is 0 Å². The van der Waals surface area contributed by atoms with Crippen molar-refractivity contribution in [2.45, 2.75) is 39.2 Å². The number of hydrogen-bond acceptors (Lipinski definition) is 4. The van der Waals surface area contributed by atoms with Crippen LogP contribution in [-0.4, -0.2) is 32.2 Å². The van der Waals surface area contributed by atoms with Crippen LogP contribution < -0.4 is 10.9 Å². The number of rotatable bonds is 5. The molecule has 0 saturated carbocycles. The van der Waals surface area contributed by atoms with Gasteiger partial charge in [0.05, 0.1) is 17.5 Å². The zero-order chi connectivity index (χ0) is 21.1. The third-order valence-electron chi connectivity index (χ3n) is 5.58. The average Bonchev–Trinajstić information content (AvgIpc) is 3.14. The van der Waals surface area contributed by atoms with Crippen molar-refractivity contribution in [2.24, 2.45) is 5.92 Å². The molecule has 0 aliphatic heterocycles. The van der Waals surface area contributed by atoms with Gasteiger partial charge in [-0.1, -0.05) is 0 Å². The first-order valence-electron chi connectivity index (χ1n) is 10.2. The van der Waals surface area contributed by atoms with E-state index in [2.05, 4.69) is 20.4 Å². The van der Waals surface area contributed by atoms with E-state index in [9.17, 15) is 14.0 Å². The molecular weight excluding hydrogens is 385 g/mol. The third-order valence-corrected chi connectivity index (χ3v) is 5.58. The smallest absolute Gasteiger partial charge is 0.254 e. The summed E-state index contributed by atoms with van der Waals surface area (Å²) in [5.74, 6) is 0.255. The number of H-pyrrole nitrogens is 1. The molecule has 1 atom stereocenters. The van der Waals surface area contributed by atoms with Gasteiger partial charge in [-0.15, -0.1) is 0 Å². The molecule has 0 bridgehead atoms. The lowest BCUT2D eigenvalue weighted by Gasteiger charge is -2.14. The standard InChI is InChI=1S/C22H24FN5O2/c1-2-28-13-16(12-25-28)21(29)24-11-14-3-9-18-19(10-4-14)26-20(27-22(18)30)15-5-7-17(23)8-6-15/h5-8,12-14H,2-4,9-11H2,1H3,(H,24,29)(H,26,27,30). The highest BCUT2D eigenvalue weighted by atomic mass is 19.1. The number of hydrogen-bond donors (Lipinski definition) is 2. The molecule has 4 rings (SSSR count). The number of aromatic amines is 1. The highest BCUT2D eigenvalue weighted by Gasteiger charge is 2.21. The van der Waals surface area contributed by atoms with E-state index < -0.39 is 0 Å². The number of aryl methyl sites for hydroxylation is 2. The predicted molar refractivity (Wildman–Crippen MR) is 111 cm³/mol. The van der Waals surface area contributed by atoms with E-state index in [0.717, 1.165) is 25.1 Å². The zero-order valence-electron chi connectivity index (χ0n) is 16.8. The molecule has 156 valence electrons. The summed E-state index contributed by atoms with van der Waals surface area (Å²) in [6.45, 7) is 3.23. The summed E-state index contributed by atoms with van der Waals surface area (Å²) in [7, 11) is 0. The lowest BCUT2D eigenvalue weighted by Crippen LogP contribution is -2.29. The molecule has 0 spiro atoms. The minimum absolute atomic E-state index is 0.133. The molecule has 1 aliphatic carbocycles. The topological polar surface area (TPSA) is 92.7 Å². The zero-order valence-corrected chi connectivity index (χ0v) is 16.8. The monoisotopic (exact) mass is 409 g/mol. The number of nitrogens with one attached hydrogen (secondary N) is 2. The van der Waals surface area contributed by atoms with Gasteiger partial charge in [-0.05, 0) is 62.8 Å². The van der Waals surface area contributed by atoms with E-state index in [-0.39, 0.29) is 23.2 Å². The quantitative estimate of drug-likeness (QED) is 0.634. The first-order valence-corrected chi connectivity index (χ1v) is 10.2. The Morgan fingerprint density at radius 3 is 2.77 bits per heavy atom. The second-order valence-electron chi connectivity index (χ2n) is 7.58. The number of halogens is 1. The molecule has 30 heavy (non-hydrogen) atoms. The van der Waals surface area contributed by atoms with Gasteiger partial charge in [-0.25, -0.2) is 9.37 Å². The van der Waals surface area contributed by atoms with Crippen LogP contribution in [0.25, 0.3) is 11.4 Å². The van der Waals surface area contributed by atoms with E-state index in [1.165, 1.54) is 12.1 Å². The number of carbonyl (C=O) groups is 1. The molecule has 1 aromatic carbocycles. The minimum atomic E-state index is -0.331. The highest BCUT2D eigenvalue weighted by Crippen LogP contribution is 2.23. The SMILES string of the molecule is CCn1cc(C(=O)NCC2CCc3nc(-c4ccc(F)cc4)[nH]c(=O)c3CC2)cn1. The average molecular weight is 409 g/mol. The van der Waals surface area contributed by atoms with Gasteiger partial charge in [-0.2, -0.15) is 5.10 Å². The molecule has 2 N–H and O–H groups in total. The van der Waals surface area contributed by atoms with Gasteiger partial charge < -0.3 is 10.3 Å². The van der Waals surface area contributed by atoms with Crippen LogP contribution in [0.15, 0.2) is 41.5 Å². The van der Waals surface area contributed by atoms with Crippen molar-refractivity contribution in [3.05, 3.63) is 69.7 Å². The molecule has 8 heteroatoms. The molecule has 0 radical (unpaired) electrons. The van der Waals surface area contributed by atoms with Crippen LogP contribution in [0.1, 0.15) is 41.4 Å². The fraction of sp³-hybridized carbons (Fsp3) is 0.364. The summed E-state index contributed by atoms with van der Waals surface area (Å²) >= 11 is 0. The summed E-state index contributed by atoms with van der Waals surface area (Å²) in [5.41, 5.74) is 2.58. The van der Waals surface area contributed by atoms with Crippen LogP contribution >= 0.6 is 0 Å². The molecule has 3 aromatic rings. The van der Waals surface area contributed by atoms with E-state index in [4.69, 9.17) is 0 Å². The summed E-state index contributed by atoms with van der Waals surface area (Å²) in [6, 6.07) is 5.92. The Bertz CT molecular complexity index is 1100. The van der Waals surface area contributed by atoms with Gasteiger partial charge in [0, 0.05) is 30.4 Å². The van der Waals surface area contributed by atoms with E-state index in [1.54, 1.807) is 29.2 Å². The van der Waals surface area contributed by atoms with Crippen LogP contribution in [-0.2, 0) is 19.4 Å². The van der Waals surface area contributed by atoms with Crippen molar-refractivity contribution in [1.29, 1.82) is 0 Å². The summed E-state index contributed by atoms with van der Waals surface area (Å²) < 4.78 is 14.9. The molecular formula is C22H24FN5O2. The van der Waals surface area contributed by atoms with Crippen LogP contribution in [0.2, 0.25) is 0 Å². The highest BCUT2D eigenvalue weighted by molar-refractivity contribution is 5.93. The largest absolute Gasteiger partial charge is 0.352 e. The van der Waals surface area contributed by atoms with Gasteiger partial charge in [0.1, 0.15) is 11.6 Å². The fourth-order valence-corrected chi connectivity index (χ4v) is 3.78. The summed E-state index contributed by atoms with van der Waals surface area (Å²) in [4.78, 5) is 32.4. The van der Waals surface area contributed by atoms with E-state index in [0.29, 0.717) is 41.9 Å². The molecule has 1 unspecified atom stereocenters. The normalized spacial score (nSPS) is 16.0. The van der Waals surface area contributed by atoms with Crippen LogP contribution in [0.3, 0.4) is 0 Å². The van der Waals surface area contributed by atoms with Crippen molar-refractivity contribution >= 4 is 5.91 Å². The Kier molecular flexibility index (Phi) is 5.74. The Balaban J connectivity index is 1.42. The molecule has 0 fully saturated rings. The van der Waals surface area contributed by atoms with Crippen LogP contribution in [0, 0.1) is 11.7 Å². The number of benzene rings is 1. The molecule has 1 amide bonds. The predicted octanol–water partition coefficient (Wildman–Crippen LogP) is 2.72. The van der Waals surface area contributed by atoms with Crippen molar-refractivity contribution < 1.29 is 9.18 Å². The Labute approximate surface area is 173 Å². The van der Waals surface area contributed by atoms with Gasteiger partial charge in [0.25, 0.3) is 11.5 Å². The van der Waals surface area contributed by atoms with E-state index >= 15 is 0 Å². The number of carbonyl (C=O) groups excluding carboxylic acids is 1. The van der Waals surface area contributed by atoms with Crippen molar-refractivity contribution in [3.8, 4) is 11.4 Å². The van der Waals surface area contributed by atoms with Crippen molar-refractivity contribution in [1.82, 2.24) is 25.1 Å². The second-order valence-corrected chi connectivity index (χ2v) is 7.58. The fourth-order valence-electron chi connectivity index (χ4n) is 3.78. The second kappa shape index (κ2) is 8.61. The minimum Gasteiger partial charge on any atom is -0.352 e. The van der Waals surface area contributed by atoms with Gasteiger partial charge >= 0.3 is 0 Å². The maximum absolute atomic E-state index is 13.2. The summed E-state index contributed by atoms with van der Waals surface area (Å²) in [6.07, 6.45) is 6.24. The lowest BCUT2D eigenvalue weighted by molar-refractivity contribution is 0.0945. The van der Waals surface area contributed by atoms with Gasteiger partial charge in [0.15, 0.2) is 0 Å². The molecule has 7 nitrogen and oxygen atoms in total. The van der Waals surface area contributed by atoms with Crippen molar-refractivity contribution in [2.75, 3.05) is 6.54 Å². The number of fused-ring (bicyclic) bond motifs is 1. The lowest BCUT2D eigenvalue weighted by atomic mass is 10.00. The molecule has 2 aromatic heterocycles. The Morgan fingerprint density at radius 1 is 1.27 bits per heavy atom. The number of amides is 1. The maximum Gasteiger partial charge on any atom is 0.254 e. The first kappa shape index (κ1) is 20.0. The molecule has 0 saturated heterocycles. The number of nitrogens with zero attached hydrogens (tertiary/aromatic N) is 3. The first-order chi connectivity index (χ1) is 14.5. The van der Waals surface area contributed by atoms with E-state index in [1.807, 2.05) is 6.92 Å². The maximum atomic E-state index is 13.2. The van der Waals surface area contributed by atoms with Gasteiger partial charge in [-0.3, -0.25) is 14.3 Å². The Morgan fingerprint density at radius 2 is 2.03 bits per heavy atom. The van der Waals surface area contributed by atoms with Gasteiger partial charge in [0.2, 0.25) is 0 Å². The van der Waals surface area contributed by atoms with Crippen LogP contribution in [0.4, 0.5) is 4.39 Å². The summed E-state index contributed by atoms with van der Waals surface area (Å²) in [5, 5.41) is 7.11. The number of aromatic nitrogens is 4. The van der Waals surface area contributed by atoms with Crippen LogP contribution in [0.5, 0.6) is 0 Å².